The highest BCUT2D eigenvalue weighted by molar-refractivity contribution is 9.10. The molecule has 7 heteroatoms. The van der Waals surface area contributed by atoms with E-state index in [4.69, 9.17) is 5.73 Å². The maximum absolute atomic E-state index is 12.1. The Labute approximate surface area is 117 Å². The van der Waals surface area contributed by atoms with E-state index in [0.717, 1.165) is 10.0 Å². The maximum Gasteiger partial charge on any atom is 0.276 e. The fraction of sp³-hybridized carbons (Fsp3) is 0.0833. The number of halogens is 1. The molecule has 2 aromatic rings. The lowest BCUT2D eigenvalue weighted by Gasteiger charge is -2.07. The van der Waals surface area contributed by atoms with E-state index in [1.165, 1.54) is 6.33 Å². The number of benzene rings is 1. The molecule has 4 N–H and O–H groups in total. The zero-order valence-electron chi connectivity index (χ0n) is 10.0. The van der Waals surface area contributed by atoms with Crippen molar-refractivity contribution in [2.75, 3.05) is 11.1 Å². The van der Waals surface area contributed by atoms with Gasteiger partial charge in [-0.2, -0.15) is 0 Å². The number of hydrogen-bond acceptors (Lipinski definition) is 4. The van der Waals surface area contributed by atoms with Crippen molar-refractivity contribution in [1.82, 2.24) is 9.97 Å². The molecule has 0 saturated heterocycles. The second-order valence-corrected chi connectivity index (χ2v) is 4.88. The fourth-order valence-electron chi connectivity index (χ4n) is 1.59. The third-order valence-corrected chi connectivity index (χ3v) is 2.88. The number of amides is 1. The van der Waals surface area contributed by atoms with Crippen LogP contribution in [0, 0.1) is 6.92 Å². The van der Waals surface area contributed by atoms with Crippen LogP contribution in [0.25, 0.3) is 0 Å². The normalized spacial score (nSPS) is 10.2. The Balaban J connectivity index is 2.33. The number of aryl methyl sites for hydroxylation is 1. The van der Waals surface area contributed by atoms with Crippen LogP contribution in [0.2, 0.25) is 0 Å². The van der Waals surface area contributed by atoms with Gasteiger partial charge in [0.15, 0.2) is 5.82 Å². The van der Waals surface area contributed by atoms with Crippen molar-refractivity contribution in [2.45, 2.75) is 6.92 Å². The fourth-order valence-corrected chi connectivity index (χ4v) is 2.20. The first-order valence-corrected chi connectivity index (χ1v) is 6.18. The topological polar surface area (TPSA) is 101 Å². The van der Waals surface area contributed by atoms with Crippen molar-refractivity contribution in [3.63, 3.8) is 0 Å². The van der Waals surface area contributed by atoms with Crippen LogP contribution in [0.1, 0.15) is 15.9 Å². The van der Waals surface area contributed by atoms with E-state index in [-0.39, 0.29) is 11.5 Å². The Morgan fingerprint density at radius 1 is 1.42 bits per heavy atom. The van der Waals surface area contributed by atoms with E-state index in [2.05, 4.69) is 31.2 Å². The molecule has 1 aromatic carbocycles. The molecule has 2 rings (SSSR count). The predicted octanol–water partition coefficient (Wildman–Crippen LogP) is 1.68. The lowest BCUT2D eigenvalue weighted by Crippen LogP contribution is -2.22. The first-order valence-electron chi connectivity index (χ1n) is 5.39. The average molecular weight is 323 g/mol. The number of nitrogens with two attached hydrogens (primary N) is 1. The van der Waals surface area contributed by atoms with Gasteiger partial charge in [0.05, 0.1) is 6.33 Å². The molecule has 0 aliphatic rings. The molecule has 1 amide bonds. The smallest absolute Gasteiger partial charge is 0.276 e. The van der Waals surface area contributed by atoms with E-state index in [1.807, 2.05) is 13.0 Å². The van der Waals surface area contributed by atoms with Gasteiger partial charge >= 0.3 is 0 Å². The highest BCUT2D eigenvalue weighted by atomic mass is 79.9. The molecule has 19 heavy (non-hydrogen) atoms. The van der Waals surface area contributed by atoms with Gasteiger partial charge in [-0.15, -0.1) is 0 Å². The number of carbonyl (C=O) groups is 1. The third kappa shape index (κ3) is 3.00. The molecule has 0 fully saturated rings. The van der Waals surface area contributed by atoms with E-state index >= 15 is 0 Å². The van der Waals surface area contributed by atoms with Gasteiger partial charge in [-0.1, -0.05) is 15.9 Å². The van der Waals surface area contributed by atoms with Crippen molar-refractivity contribution in [2.24, 2.45) is 0 Å². The lowest BCUT2D eigenvalue weighted by atomic mass is 10.1. The summed E-state index contributed by atoms with van der Waals surface area (Å²) in [5.74, 6) is -0.446. The van der Waals surface area contributed by atoms with Gasteiger partial charge in [-0.3, -0.25) is 9.59 Å². The van der Waals surface area contributed by atoms with Crippen LogP contribution in [-0.2, 0) is 0 Å². The van der Waals surface area contributed by atoms with Gasteiger partial charge in [0.25, 0.3) is 11.5 Å². The molecule has 6 nitrogen and oxygen atoms in total. The maximum atomic E-state index is 12.1. The van der Waals surface area contributed by atoms with Crippen LogP contribution >= 0.6 is 15.9 Å². The molecule has 0 aliphatic heterocycles. The van der Waals surface area contributed by atoms with Crippen molar-refractivity contribution >= 4 is 33.3 Å². The van der Waals surface area contributed by atoms with Crippen LogP contribution in [0.3, 0.4) is 0 Å². The number of nitrogen functional groups attached to an aromatic ring is 1. The SMILES string of the molecule is Cc1cc(Br)cc(C(=O)Nc2c(N)nc[nH]c2=O)c1. The summed E-state index contributed by atoms with van der Waals surface area (Å²) in [6, 6.07) is 5.24. The number of rotatable bonds is 2. The number of carbonyl (C=O) groups excluding carboxylic acids is 1. The number of anilines is 2. The summed E-state index contributed by atoms with van der Waals surface area (Å²) in [6.45, 7) is 1.87. The molecular formula is C12H11BrN4O2. The summed E-state index contributed by atoms with van der Waals surface area (Å²) in [4.78, 5) is 29.7. The molecule has 0 atom stereocenters. The lowest BCUT2D eigenvalue weighted by molar-refractivity contribution is 0.102. The van der Waals surface area contributed by atoms with Crippen molar-refractivity contribution in [3.8, 4) is 0 Å². The Morgan fingerprint density at radius 3 is 2.79 bits per heavy atom. The summed E-state index contributed by atoms with van der Waals surface area (Å²) >= 11 is 3.31. The average Bonchev–Trinajstić information content (AvgIpc) is 2.32. The molecule has 0 saturated carbocycles. The van der Waals surface area contributed by atoms with Crippen molar-refractivity contribution < 1.29 is 4.79 Å². The molecular weight excluding hydrogens is 312 g/mol. The zero-order valence-corrected chi connectivity index (χ0v) is 11.6. The van der Waals surface area contributed by atoms with Crippen LogP contribution in [-0.4, -0.2) is 15.9 Å². The molecule has 0 spiro atoms. The van der Waals surface area contributed by atoms with Gasteiger partial charge in [0, 0.05) is 10.0 Å². The monoisotopic (exact) mass is 322 g/mol. The Hall–Kier alpha value is -2.15. The largest absolute Gasteiger partial charge is 0.382 e. The molecule has 1 aromatic heterocycles. The summed E-state index contributed by atoms with van der Waals surface area (Å²) in [5.41, 5.74) is 6.36. The summed E-state index contributed by atoms with van der Waals surface area (Å²) in [5, 5.41) is 2.46. The minimum Gasteiger partial charge on any atom is -0.382 e. The number of aromatic nitrogens is 2. The van der Waals surface area contributed by atoms with Crippen molar-refractivity contribution in [1.29, 1.82) is 0 Å². The quantitative estimate of drug-likeness (QED) is 0.782. The van der Waals surface area contributed by atoms with Crippen LogP contribution in [0.5, 0.6) is 0 Å². The number of H-pyrrole nitrogens is 1. The molecule has 0 unspecified atom stereocenters. The van der Waals surface area contributed by atoms with Crippen LogP contribution in [0.15, 0.2) is 33.8 Å². The number of aromatic amines is 1. The third-order valence-electron chi connectivity index (χ3n) is 2.43. The van der Waals surface area contributed by atoms with Gasteiger partial charge in [-0.25, -0.2) is 4.98 Å². The van der Waals surface area contributed by atoms with Gasteiger partial charge < -0.3 is 16.0 Å². The van der Waals surface area contributed by atoms with Gasteiger partial charge in [0.2, 0.25) is 0 Å². The zero-order chi connectivity index (χ0) is 14.0. The van der Waals surface area contributed by atoms with E-state index in [0.29, 0.717) is 5.56 Å². The standard InChI is InChI=1S/C12H11BrN4O2/c1-6-2-7(4-8(13)3-6)11(18)17-9-10(14)15-5-16-12(9)19/h2-5H,1H3,(H,17,18)(H3,14,15,16,19). The van der Waals surface area contributed by atoms with Crippen molar-refractivity contribution in [3.05, 3.63) is 50.5 Å². The first kappa shape index (κ1) is 13.3. The van der Waals surface area contributed by atoms with E-state index < -0.39 is 11.5 Å². The molecule has 0 aliphatic carbocycles. The molecule has 1 heterocycles. The minimum atomic E-state index is -0.493. The Kier molecular flexibility index (Phi) is 3.66. The number of nitrogens with one attached hydrogen (secondary N) is 2. The number of hydrogen-bond donors (Lipinski definition) is 3. The highest BCUT2D eigenvalue weighted by Crippen LogP contribution is 2.17. The molecule has 0 bridgehead atoms. The van der Waals surface area contributed by atoms with Gasteiger partial charge in [-0.05, 0) is 30.7 Å². The summed E-state index contributed by atoms with van der Waals surface area (Å²) in [6.07, 6.45) is 1.18. The molecule has 0 radical (unpaired) electrons. The summed E-state index contributed by atoms with van der Waals surface area (Å²) in [7, 11) is 0. The summed E-state index contributed by atoms with van der Waals surface area (Å²) < 4.78 is 0.783. The second kappa shape index (κ2) is 5.23. The minimum absolute atomic E-state index is 0.0242. The number of nitrogens with zero attached hydrogens (tertiary/aromatic N) is 1. The first-order chi connectivity index (χ1) is 8.97. The Morgan fingerprint density at radius 2 is 2.16 bits per heavy atom. The van der Waals surface area contributed by atoms with Crippen LogP contribution in [0.4, 0.5) is 11.5 Å². The highest BCUT2D eigenvalue weighted by Gasteiger charge is 2.12. The molecule has 98 valence electrons. The van der Waals surface area contributed by atoms with Crippen LogP contribution < -0.4 is 16.6 Å². The van der Waals surface area contributed by atoms with E-state index in [1.54, 1.807) is 12.1 Å². The van der Waals surface area contributed by atoms with Gasteiger partial charge in [0.1, 0.15) is 5.69 Å². The Bertz CT molecular complexity index is 676. The predicted molar refractivity (Wildman–Crippen MR) is 76.1 cm³/mol. The van der Waals surface area contributed by atoms with E-state index in [9.17, 15) is 9.59 Å². The second-order valence-electron chi connectivity index (χ2n) is 3.96.